The van der Waals surface area contributed by atoms with Crippen LogP contribution < -0.4 is 0 Å². The third kappa shape index (κ3) is 1.75. The maximum absolute atomic E-state index is 11.4. The maximum Gasteiger partial charge on any atom is 0.320 e. The predicted molar refractivity (Wildman–Crippen MR) is 44.9 cm³/mol. The molecule has 0 radical (unpaired) electrons. The van der Waals surface area contributed by atoms with Gasteiger partial charge >= 0.3 is 6.03 Å². The summed E-state index contributed by atoms with van der Waals surface area (Å²) in [7, 11) is 0. The standard InChI is InChI=1S/C8H14N2O2/c1-2-9-4-3-5-10(6-7-11)8(9)12/h7H,2-6H2,1H3. The molecule has 1 aliphatic heterocycles. The first-order valence-electron chi connectivity index (χ1n) is 4.27. The zero-order chi connectivity index (χ0) is 8.97. The smallest absolute Gasteiger partial charge is 0.320 e. The summed E-state index contributed by atoms with van der Waals surface area (Å²) in [5, 5.41) is 0. The Hall–Kier alpha value is -1.06. The second-order valence-corrected chi connectivity index (χ2v) is 2.83. The van der Waals surface area contributed by atoms with Gasteiger partial charge in [-0.3, -0.25) is 0 Å². The van der Waals surface area contributed by atoms with Gasteiger partial charge < -0.3 is 14.6 Å². The molecule has 0 aromatic rings. The van der Waals surface area contributed by atoms with Gasteiger partial charge in [-0.05, 0) is 13.3 Å². The number of rotatable bonds is 3. The van der Waals surface area contributed by atoms with Gasteiger partial charge in [-0.1, -0.05) is 0 Å². The van der Waals surface area contributed by atoms with Crippen LogP contribution in [0.5, 0.6) is 0 Å². The number of amides is 2. The molecule has 0 atom stereocenters. The van der Waals surface area contributed by atoms with Crippen molar-refractivity contribution >= 4 is 12.3 Å². The van der Waals surface area contributed by atoms with E-state index < -0.39 is 0 Å². The number of carbonyl (C=O) groups excluding carboxylic acids is 2. The molecule has 0 N–H and O–H groups in total. The second-order valence-electron chi connectivity index (χ2n) is 2.83. The van der Waals surface area contributed by atoms with E-state index in [2.05, 4.69) is 0 Å². The number of hydrogen-bond donors (Lipinski definition) is 0. The minimum absolute atomic E-state index is 0.00384. The molecule has 0 aliphatic carbocycles. The van der Waals surface area contributed by atoms with Crippen molar-refractivity contribution in [2.45, 2.75) is 13.3 Å². The van der Waals surface area contributed by atoms with Gasteiger partial charge in [-0.15, -0.1) is 0 Å². The number of aldehydes is 1. The molecule has 0 saturated carbocycles. The molecule has 1 heterocycles. The van der Waals surface area contributed by atoms with Crippen LogP contribution in [-0.4, -0.2) is 48.3 Å². The second kappa shape index (κ2) is 4.09. The van der Waals surface area contributed by atoms with Crippen molar-refractivity contribution in [3.8, 4) is 0 Å². The molecule has 1 aliphatic rings. The Morgan fingerprint density at radius 1 is 1.42 bits per heavy atom. The molecule has 0 bridgehead atoms. The monoisotopic (exact) mass is 170 g/mol. The summed E-state index contributed by atoms with van der Waals surface area (Å²) in [5.41, 5.74) is 0. The fourth-order valence-corrected chi connectivity index (χ4v) is 1.40. The van der Waals surface area contributed by atoms with Crippen molar-refractivity contribution in [2.24, 2.45) is 0 Å². The van der Waals surface area contributed by atoms with Gasteiger partial charge in [0.05, 0.1) is 6.54 Å². The number of hydrogen-bond acceptors (Lipinski definition) is 2. The van der Waals surface area contributed by atoms with E-state index in [1.54, 1.807) is 9.80 Å². The van der Waals surface area contributed by atoms with Crippen LogP contribution in [0.15, 0.2) is 0 Å². The minimum Gasteiger partial charge on any atom is -0.325 e. The highest BCUT2D eigenvalue weighted by Gasteiger charge is 2.23. The van der Waals surface area contributed by atoms with Gasteiger partial charge in [0.2, 0.25) is 0 Å². The van der Waals surface area contributed by atoms with Crippen LogP contribution in [-0.2, 0) is 4.79 Å². The van der Waals surface area contributed by atoms with Crippen molar-refractivity contribution in [1.82, 2.24) is 9.80 Å². The van der Waals surface area contributed by atoms with Crippen LogP contribution in [0.25, 0.3) is 0 Å². The Morgan fingerprint density at radius 3 is 2.67 bits per heavy atom. The van der Waals surface area contributed by atoms with E-state index in [-0.39, 0.29) is 12.6 Å². The van der Waals surface area contributed by atoms with Crippen LogP contribution in [0.1, 0.15) is 13.3 Å². The van der Waals surface area contributed by atoms with Crippen molar-refractivity contribution in [2.75, 3.05) is 26.2 Å². The van der Waals surface area contributed by atoms with Crippen LogP contribution in [0.4, 0.5) is 4.79 Å². The third-order valence-corrected chi connectivity index (χ3v) is 2.07. The van der Waals surface area contributed by atoms with Crippen molar-refractivity contribution in [3.63, 3.8) is 0 Å². The average molecular weight is 170 g/mol. The fraction of sp³-hybridized carbons (Fsp3) is 0.750. The fourth-order valence-electron chi connectivity index (χ4n) is 1.40. The summed E-state index contributed by atoms with van der Waals surface area (Å²) in [6.45, 7) is 4.45. The molecule has 0 unspecified atom stereocenters. The van der Waals surface area contributed by atoms with Crippen molar-refractivity contribution in [1.29, 1.82) is 0 Å². The lowest BCUT2D eigenvalue weighted by Crippen LogP contribution is -2.49. The normalized spacial score (nSPS) is 18.2. The Morgan fingerprint density at radius 2 is 2.08 bits per heavy atom. The lowest BCUT2D eigenvalue weighted by atomic mass is 10.3. The number of carbonyl (C=O) groups is 2. The van der Waals surface area contributed by atoms with Crippen molar-refractivity contribution in [3.05, 3.63) is 0 Å². The first-order valence-corrected chi connectivity index (χ1v) is 4.27. The molecule has 0 aromatic heterocycles. The van der Waals surface area contributed by atoms with E-state index in [4.69, 9.17) is 0 Å². The van der Waals surface area contributed by atoms with E-state index in [1.807, 2.05) is 6.92 Å². The van der Waals surface area contributed by atoms with Gasteiger partial charge in [0, 0.05) is 19.6 Å². The Balaban J connectivity index is 2.52. The quantitative estimate of drug-likeness (QED) is 0.573. The maximum atomic E-state index is 11.4. The van der Waals surface area contributed by atoms with Crippen LogP contribution >= 0.6 is 0 Å². The van der Waals surface area contributed by atoms with Gasteiger partial charge in [-0.25, -0.2) is 4.79 Å². The molecule has 1 saturated heterocycles. The van der Waals surface area contributed by atoms with Crippen molar-refractivity contribution < 1.29 is 9.59 Å². The first kappa shape index (κ1) is 9.03. The predicted octanol–water partition coefficient (Wildman–Crippen LogP) is 0.333. The molecule has 1 rings (SSSR count). The number of nitrogens with zero attached hydrogens (tertiary/aromatic N) is 2. The lowest BCUT2D eigenvalue weighted by molar-refractivity contribution is -0.108. The summed E-state index contributed by atoms with van der Waals surface area (Å²) in [6.07, 6.45) is 1.74. The highest BCUT2D eigenvalue weighted by atomic mass is 16.2. The van der Waals surface area contributed by atoms with E-state index in [0.717, 1.165) is 25.8 Å². The van der Waals surface area contributed by atoms with Gasteiger partial charge in [0.1, 0.15) is 6.29 Å². The SMILES string of the molecule is CCN1CCCN(CC=O)C1=O. The zero-order valence-corrected chi connectivity index (χ0v) is 7.32. The summed E-state index contributed by atoms with van der Waals surface area (Å²) < 4.78 is 0. The van der Waals surface area contributed by atoms with E-state index in [0.29, 0.717) is 6.54 Å². The summed E-state index contributed by atoms with van der Waals surface area (Å²) >= 11 is 0. The van der Waals surface area contributed by atoms with Crippen LogP contribution in [0.3, 0.4) is 0 Å². The Kier molecular flexibility index (Phi) is 3.08. The van der Waals surface area contributed by atoms with E-state index in [1.165, 1.54) is 0 Å². The summed E-state index contributed by atoms with van der Waals surface area (Å²) in [5.74, 6) is 0. The summed E-state index contributed by atoms with van der Waals surface area (Å²) in [4.78, 5) is 25.0. The largest absolute Gasteiger partial charge is 0.325 e. The van der Waals surface area contributed by atoms with Crippen LogP contribution in [0, 0.1) is 0 Å². The minimum atomic E-state index is -0.00384. The first-order chi connectivity index (χ1) is 5.79. The van der Waals surface area contributed by atoms with E-state index in [9.17, 15) is 9.59 Å². The molecule has 68 valence electrons. The molecule has 0 aromatic carbocycles. The number of urea groups is 1. The molecular weight excluding hydrogens is 156 g/mol. The molecule has 0 spiro atoms. The van der Waals surface area contributed by atoms with Gasteiger partial charge in [0.25, 0.3) is 0 Å². The Bertz CT molecular complexity index is 182. The van der Waals surface area contributed by atoms with Gasteiger partial charge in [-0.2, -0.15) is 0 Å². The topological polar surface area (TPSA) is 40.6 Å². The highest BCUT2D eigenvalue weighted by Crippen LogP contribution is 2.07. The molecule has 12 heavy (non-hydrogen) atoms. The Labute approximate surface area is 72.1 Å². The van der Waals surface area contributed by atoms with Gasteiger partial charge in [0.15, 0.2) is 0 Å². The zero-order valence-electron chi connectivity index (χ0n) is 7.32. The molecule has 2 amide bonds. The lowest BCUT2D eigenvalue weighted by Gasteiger charge is -2.33. The molecule has 4 heteroatoms. The molecule has 4 nitrogen and oxygen atoms in total. The summed E-state index contributed by atoms with van der Waals surface area (Å²) in [6, 6.07) is -0.00384. The third-order valence-electron chi connectivity index (χ3n) is 2.07. The molecule has 1 fully saturated rings. The average Bonchev–Trinajstić information content (AvgIpc) is 2.09. The van der Waals surface area contributed by atoms with E-state index >= 15 is 0 Å². The van der Waals surface area contributed by atoms with Crippen LogP contribution in [0.2, 0.25) is 0 Å². The highest BCUT2D eigenvalue weighted by molar-refractivity contribution is 5.77. The molecular formula is C8H14N2O2.